The molecular weight excluding hydrogens is 496 g/mol. The van der Waals surface area contributed by atoms with Gasteiger partial charge >= 0.3 is 0 Å². The van der Waals surface area contributed by atoms with Crippen LogP contribution in [0.3, 0.4) is 0 Å². The summed E-state index contributed by atoms with van der Waals surface area (Å²) in [4.78, 5) is 19.9. The number of aryl methyl sites for hydroxylation is 2. The predicted octanol–water partition coefficient (Wildman–Crippen LogP) is 6.31. The summed E-state index contributed by atoms with van der Waals surface area (Å²) in [5.41, 5.74) is 7.36. The van der Waals surface area contributed by atoms with Gasteiger partial charge < -0.3 is 15.5 Å². The molecular formula is C33H38N6O. The van der Waals surface area contributed by atoms with Crippen molar-refractivity contribution in [2.45, 2.75) is 40.0 Å². The van der Waals surface area contributed by atoms with E-state index in [1.165, 1.54) is 5.69 Å². The van der Waals surface area contributed by atoms with Crippen molar-refractivity contribution in [1.29, 1.82) is 0 Å². The van der Waals surface area contributed by atoms with Crippen molar-refractivity contribution in [1.82, 2.24) is 20.1 Å². The highest BCUT2D eigenvalue weighted by Crippen LogP contribution is 2.29. The van der Waals surface area contributed by atoms with Gasteiger partial charge in [-0.15, -0.1) is 0 Å². The molecule has 7 heteroatoms. The lowest BCUT2D eigenvalue weighted by molar-refractivity contribution is 0.0944. The maximum absolute atomic E-state index is 13.4. The molecule has 0 unspecified atom stereocenters. The molecule has 1 saturated heterocycles. The Morgan fingerprint density at radius 1 is 0.950 bits per heavy atom. The molecule has 5 rings (SSSR count). The quantitative estimate of drug-likeness (QED) is 0.263. The molecule has 2 N–H and O–H groups in total. The van der Waals surface area contributed by atoms with E-state index < -0.39 is 0 Å². The fraction of sp³-hybridized carbons (Fsp3) is 0.303. The predicted molar refractivity (Wildman–Crippen MR) is 163 cm³/mol. The van der Waals surface area contributed by atoms with Crippen LogP contribution in [0, 0.1) is 26.7 Å². The molecule has 0 bridgehead atoms. The minimum Gasteiger partial charge on any atom is -0.371 e. The van der Waals surface area contributed by atoms with Gasteiger partial charge in [0.25, 0.3) is 5.91 Å². The van der Waals surface area contributed by atoms with E-state index in [0.717, 1.165) is 71.8 Å². The minimum absolute atomic E-state index is 0.149. The van der Waals surface area contributed by atoms with Crippen LogP contribution in [0.1, 0.15) is 52.0 Å². The summed E-state index contributed by atoms with van der Waals surface area (Å²) >= 11 is 0. The number of carbonyl (C=O) groups excluding carboxylic acids is 1. The van der Waals surface area contributed by atoms with E-state index in [1.807, 2.05) is 73.4 Å². The number of anilines is 2. The van der Waals surface area contributed by atoms with Crippen molar-refractivity contribution in [3.05, 3.63) is 108 Å². The van der Waals surface area contributed by atoms with Gasteiger partial charge in [0.1, 0.15) is 5.82 Å². The topological polar surface area (TPSA) is 75.1 Å². The Hall–Kier alpha value is -4.39. The number of aromatic nitrogens is 3. The Labute approximate surface area is 236 Å². The minimum atomic E-state index is -0.149. The fourth-order valence-electron chi connectivity index (χ4n) is 5.46. The molecule has 0 saturated carbocycles. The lowest BCUT2D eigenvalue weighted by Crippen LogP contribution is -2.35. The summed E-state index contributed by atoms with van der Waals surface area (Å²) in [6.45, 7) is 13.0. The number of rotatable bonds is 9. The van der Waals surface area contributed by atoms with Crippen LogP contribution in [0.2, 0.25) is 0 Å². The van der Waals surface area contributed by atoms with Gasteiger partial charge in [0, 0.05) is 54.5 Å². The third kappa shape index (κ3) is 5.93. The third-order valence-corrected chi connectivity index (χ3v) is 7.90. The Morgan fingerprint density at radius 2 is 1.62 bits per heavy atom. The van der Waals surface area contributed by atoms with Gasteiger partial charge in [-0.1, -0.05) is 49.0 Å². The Morgan fingerprint density at radius 3 is 2.33 bits per heavy atom. The van der Waals surface area contributed by atoms with E-state index in [4.69, 9.17) is 5.10 Å². The average Bonchev–Trinajstić information content (AvgIpc) is 3.29. The Balaban J connectivity index is 1.28. The van der Waals surface area contributed by atoms with Crippen molar-refractivity contribution in [3.63, 3.8) is 0 Å². The van der Waals surface area contributed by atoms with Crippen LogP contribution in [0.4, 0.5) is 11.5 Å². The van der Waals surface area contributed by atoms with E-state index in [-0.39, 0.29) is 5.91 Å². The fourth-order valence-corrected chi connectivity index (χ4v) is 5.46. The van der Waals surface area contributed by atoms with Gasteiger partial charge in [-0.25, -0.2) is 4.68 Å². The Bertz CT molecular complexity index is 1480. The number of hydrogen-bond acceptors (Lipinski definition) is 5. The highest BCUT2D eigenvalue weighted by atomic mass is 16.2. The van der Waals surface area contributed by atoms with E-state index in [2.05, 4.69) is 52.2 Å². The first-order chi connectivity index (χ1) is 19.4. The molecule has 0 spiro atoms. The number of carbonyl (C=O) groups is 1. The second-order valence-corrected chi connectivity index (χ2v) is 10.6. The van der Waals surface area contributed by atoms with Crippen molar-refractivity contribution < 1.29 is 4.79 Å². The lowest BCUT2D eigenvalue weighted by Gasteiger charge is -2.33. The van der Waals surface area contributed by atoms with Gasteiger partial charge in [0.2, 0.25) is 0 Å². The number of amides is 1. The van der Waals surface area contributed by atoms with Crippen molar-refractivity contribution in [2.75, 3.05) is 29.9 Å². The number of benzene rings is 2. The number of pyridine rings is 1. The molecule has 206 valence electrons. The standard InChI is InChI=1S/C33H38N6O/c1-23-9-5-7-11-29(23)26(4)36-32-25(3)31(37-39(32)30-12-8-6-10-24(30)2)33(40)35-20-13-27-16-21-38(22-17-27)28-14-18-34-19-15-28/h5-12,14-15,18-19,27,36H,4,13,16-17,20-22H2,1-3H3,(H,35,40). The number of nitrogens with zero attached hydrogens (tertiary/aromatic N) is 4. The third-order valence-electron chi connectivity index (χ3n) is 7.90. The summed E-state index contributed by atoms with van der Waals surface area (Å²) in [7, 11) is 0. The molecule has 0 atom stereocenters. The molecule has 4 aromatic rings. The summed E-state index contributed by atoms with van der Waals surface area (Å²) in [5, 5.41) is 11.4. The molecule has 3 heterocycles. The second-order valence-electron chi connectivity index (χ2n) is 10.6. The van der Waals surface area contributed by atoms with Gasteiger partial charge in [-0.2, -0.15) is 5.10 Å². The molecule has 1 amide bonds. The first-order valence-corrected chi connectivity index (χ1v) is 14.0. The summed E-state index contributed by atoms with van der Waals surface area (Å²) in [5.74, 6) is 1.19. The van der Waals surface area contributed by atoms with Crippen LogP contribution >= 0.6 is 0 Å². The highest BCUT2D eigenvalue weighted by molar-refractivity contribution is 5.96. The van der Waals surface area contributed by atoms with Crippen molar-refractivity contribution in [3.8, 4) is 5.69 Å². The molecule has 1 fully saturated rings. The number of para-hydroxylation sites is 1. The molecule has 7 nitrogen and oxygen atoms in total. The van der Waals surface area contributed by atoms with Gasteiger partial charge in [-0.3, -0.25) is 9.78 Å². The van der Waals surface area contributed by atoms with Gasteiger partial charge in [0.05, 0.1) is 5.69 Å². The molecule has 2 aromatic heterocycles. The smallest absolute Gasteiger partial charge is 0.272 e. The first-order valence-electron chi connectivity index (χ1n) is 14.0. The summed E-state index contributed by atoms with van der Waals surface area (Å²) in [6.07, 6.45) is 6.89. The van der Waals surface area contributed by atoms with Crippen molar-refractivity contribution >= 4 is 23.1 Å². The number of hydrogen-bond donors (Lipinski definition) is 2. The molecule has 0 radical (unpaired) electrons. The monoisotopic (exact) mass is 534 g/mol. The summed E-state index contributed by atoms with van der Waals surface area (Å²) in [6, 6.07) is 20.3. The van der Waals surface area contributed by atoms with E-state index in [0.29, 0.717) is 18.2 Å². The maximum atomic E-state index is 13.4. The van der Waals surface area contributed by atoms with Crippen LogP contribution < -0.4 is 15.5 Å². The summed E-state index contributed by atoms with van der Waals surface area (Å²) < 4.78 is 1.83. The molecule has 40 heavy (non-hydrogen) atoms. The van der Waals surface area contributed by atoms with Crippen LogP contribution in [0.5, 0.6) is 0 Å². The molecule has 1 aliphatic rings. The second kappa shape index (κ2) is 12.2. The number of piperidine rings is 1. The van der Waals surface area contributed by atoms with Crippen LogP contribution in [0.25, 0.3) is 11.4 Å². The van der Waals surface area contributed by atoms with Crippen LogP contribution in [0.15, 0.2) is 79.6 Å². The number of nitrogens with one attached hydrogen (secondary N) is 2. The van der Waals surface area contributed by atoms with E-state index in [9.17, 15) is 4.79 Å². The lowest BCUT2D eigenvalue weighted by atomic mass is 9.93. The van der Waals surface area contributed by atoms with E-state index in [1.54, 1.807) is 0 Å². The van der Waals surface area contributed by atoms with Crippen LogP contribution in [-0.4, -0.2) is 40.3 Å². The first kappa shape index (κ1) is 27.2. The molecule has 0 aliphatic carbocycles. The average molecular weight is 535 g/mol. The van der Waals surface area contributed by atoms with Crippen LogP contribution in [-0.2, 0) is 0 Å². The zero-order chi connectivity index (χ0) is 28.1. The zero-order valence-electron chi connectivity index (χ0n) is 23.7. The van der Waals surface area contributed by atoms with Gasteiger partial charge in [0.15, 0.2) is 5.69 Å². The maximum Gasteiger partial charge on any atom is 0.272 e. The normalized spacial score (nSPS) is 13.7. The van der Waals surface area contributed by atoms with E-state index >= 15 is 0 Å². The zero-order valence-corrected chi connectivity index (χ0v) is 23.7. The van der Waals surface area contributed by atoms with Crippen molar-refractivity contribution in [2.24, 2.45) is 5.92 Å². The van der Waals surface area contributed by atoms with Gasteiger partial charge in [-0.05, 0) is 75.3 Å². The molecule has 2 aromatic carbocycles. The Kier molecular flexibility index (Phi) is 8.29. The highest BCUT2D eigenvalue weighted by Gasteiger charge is 2.24. The SMILES string of the molecule is C=C(Nc1c(C)c(C(=O)NCCC2CCN(c3ccncc3)CC2)nn1-c1ccccc1C)c1ccccc1C. The molecule has 1 aliphatic heterocycles. The largest absolute Gasteiger partial charge is 0.371 e.